The van der Waals surface area contributed by atoms with E-state index in [1.54, 1.807) is 0 Å². The maximum atomic E-state index is 11.2. The van der Waals surface area contributed by atoms with Crippen molar-refractivity contribution in [2.75, 3.05) is 13.1 Å². The number of rotatable bonds is 3. The third-order valence-electron chi connectivity index (χ3n) is 3.05. The molecule has 1 heterocycles. The van der Waals surface area contributed by atoms with Crippen LogP contribution in [0, 0.1) is 10.8 Å². The zero-order valence-electron chi connectivity index (χ0n) is 9.39. The molecule has 1 unspecified atom stereocenters. The molecule has 1 fully saturated rings. The summed E-state index contributed by atoms with van der Waals surface area (Å²) in [6.07, 6.45) is 2.54. The highest BCUT2D eigenvalue weighted by Gasteiger charge is 2.41. The molecule has 1 atom stereocenters. The molecule has 0 amide bonds. The molecule has 0 aromatic rings. The van der Waals surface area contributed by atoms with Crippen molar-refractivity contribution in [3.8, 4) is 0 Å². The van der Waals surface area contributed by atoms with E-state index in [-0.39, 0.29) is 5.41 Å². The Labute approximate surface area is 85.9 Å². The molecule has 1 aliphatic heterocycles. The summed E-state index contributed by atoms with van der Waals surface area (Å²) in [4.78, 5) is 11.2. The van der Waals surface area contributed by atoms with Crippen LogP contribution in [0.2, 0.25) is 0 Å². The Kier molecular flexibility index (Phi) is 3.20. The van der Waals surface area contributed by atoms with E-state index in [1.165, 1.54) is 0 Å². The van der Waals surface area contributed by atoms with Crippen LogP contribution in [0.15, 0.2) is 0 Å². The molecule has 14 heavy (non-hydrogen) atoms. The molecular formula is C11H21NO2. The van der Waals surface area contributed by atoms with Crippen LogP contribution < -0.4 is 5.32 Å². The van der Waals surface area contributed by atoms with E-state index < -0.39 is 11.4 Å². The Morgan fingerprint density at radius 3 is 2.50 bits per heavy atom. The van der Waals surface area contributed by atoms with Gasteiger partial charge in [0.1, 0.15) is 0 Å². The average molecular weight is 199 g/mol. The van der Waals surface area contributed by atoms with Crippen molar-refractivity contribution in [2.24, 2.45) is 10.8 Å². The van der Waals surface area contributed by atoms with Crippen LogP contribution in [-0.2, 0) is 4.79 Å². The zero-order chi connectivity index (χ0) is 10.8. The van der Waals surface area contributed by atoms with E-state index in [0.29, 0.717) is 6.54 Å². The van der Waals surface area contributed by atoms with Gasteiger partial charge < -0.3 is 10.4 Å². The minimum atomic E-state index is -0.633. The van der Waals surface area contributed by atoms with Gasteiger partial charge in [0.25, 0.3) is 0 Å². The predicted molar refractivity (Wildman–Crippen MR) is 56.2 cm³/mol. The largest absolute Gasteiger partial charge is 0.481 e. The van der Waals surface area contributed by atoms with Crippen molar-refractivity contribution in [1.29, 1.82) is 0 Å². The van der Waals surface area contributed by atoms with Gasteiger partial charge in [-0.15, -0.1) is 0 Å². The van der Waals surface area contributed by atoms with Crippen LogP contribution in [0.25, 0.3) is 0 Å². The van der Waals surface area contributed by atoms with Crippen molar-refractivity contribution < 1.29 is 9.90 Å². The first-order valence-corrected chi connectivity index (χ1v) is 5.30. The van der Waals surface area contributed by atoms with Gasteiger partial charge in [0.2, 0.25) is 0 Å². The summed E-state index contributed by atoms with van der Waals surface area (Å²) in [6, 6.07) is 0. The number of hydrogen-bond acceptors (Lipinski definition) is 2. The first-order chi connectivity index (χ1) is 6.36. The number of aliphatic carboxylic acids is 1. The highest BCUT2D eigenvalue weighted by molar-refractivity contribution is 5.75. The van der Waals surface area contributed by atoms with E-state index in [0.717, 1.165) is 25.8 Å². The third-order valence-corrected chi connectivity index (χ3v) is 3.05. The van der Waals surface area contributed by atoms with Crippen LogP contribution in [0.3, 0.4) is 0 Å². The Bertz CT molecular complexity index is 212. The molecule has 0 radical (unpaired) electrons. The van der Waals surface area contributed by atoms with Gasteiger partial charge in [0.15, 0.2) is 0 Å². The maximum absolute atomic E-state index is 11.2. The SMILES string of the molecule is CC(C)(C)CCC1(C(=O)O)CCNC1. The summed E-state index contributed by atoms with van der Waals surface area (Å²) in [5.41, 5.74) is -0.266. The van der Waals surface area contributed by atoms with Crippen LogP contribution in [0.4, 0.5) is 0 Å². The number of hydrogen-bond donors (Lipinski definition) is 2. The van der Waals surface area contributed by atoms with Gasteiger partial charge in [0.05, 0.1) is 5.41 Å². The van der Waals surface area contributed by atoms with Gasteiger partial charge in [-0.05, 0) is 31.2 Å². The number of carboxylic acids is 1. The molecule has 1 rings (SSSR count). The van der Waals surface area contributed by atoms with Crippen molar-refractivity contribution in [3.63, 3.8) is 0 Å². The third kappa shape index (κ3) is 2.71. The molecule has 82 valence electrons. The van der Waals surface area contributed by atoms with Gasteiger partial charge in [-0.25, -0.2) is 0 Å². The van der Waals surface area contributed by atoms with E-state index in [4.69, 9.17) is 0 Å². The predicted octanol–water partition coefficient (Wildman–Crippen LogP) is 1.88. The Morgan fingerprint density at radius 1 is 1.50 bits per heavy atom. The molecule has 0 aromatic heterocycles. The minimum absolute atomic E-state index is 0.227. The summed E-state index contributed by atoms with van der Waals surface area (Å²) in [7, 11) is 0. The highest BCUT2D eigenvalue weighted by Crippen LogP contribution is 2.35. The van der Waals surface area contributed by atoms with Gasteiger partial charge in [-0.3, -0.25) is 4.79 Å². The second-order valence-electron chi connectivity index (χ2n) is 5.57. The van der Waals surface area contributed by atoms with Gasteiger partial charge >= 0.3 is 5.97 Å². The quantitative estimate of drug-likeness (QED) is 0.729. The fourth-order valence-corrected chi connectivity index (χ4v) is 1.86. The molecular weight excluding hydrogens is 178 g/mol. The van der Waals surface area contributed by atoms with Gasteiger partial charge in [-0.1, -0.05) is 20.8 Å². The number of carboxylic acid groups (broad SMARTS) is 1. The maximum Gasteiger partial charge on any atom is 0.310 e. The van der Waals surface area contributed by atoms with Crippen LogP contribution in [0.1, 0.15) is 40.0 Å². The van der Waals surface area contributed by atoms with E-state index in [9.17, 15) is 9.90 Å². The Morgan fingerprint density at radius 2 is 2.14 bits per heavy atom. The van der Waals surface area contributed by atoms with Crippen LogP contribution in [-0.4, -0.2) is 24.2 Å². The fraction of sp³-hybridized carbons (Fsp3) is 0.909. The molecule has 0 bridgehead atoms. The van der Waals surface area contributed by atoms with Gasteiger partial charge in [0, 0.05) is 6.54 Å². The molecule has 2 N–H and O–H groups in total. The lowest BCUT2D eigenvalue weighted by molar-refractivity contribution is -0.148. The van der Waals surface area contributed by atoms with Crippen molar-refractivity contribution in [3.05, 3.63) is 0 Å². The topological polar surface area (TPSA) is 49.3 Å². The van der Waals surface area contributed by atoms with Crippen molar-refractivity contribution in [1.82, 2.24) is 5.32 Å². The van der Waals surface area contributed by atoms with Crippen molar-refractivity contribution >= 4 is 5.97 Å². The molecule has 0 aromatic carbocycles. The molecule has 1 aliphatic rings. The monoisotopic (exact) mass is 199 g/mol. The lowest BCUT2D eigenvalue weighted by Gasteiger charge is -2.27. The van der Waals surface area contributed by atoms with E-state index >= 15 is 0 Å². The second-order valence-corrected chi connectivity index (χ2v) is 5.57. The first-order valence-electron chi connectivity index (χ1n) is 5.30. The van der Waals surface area contributed by atoms with E-state index in [1.807, 2.05) is 0 Å². The summed E-state index contributed by atoms with van der Waals surface area (Å²) in [5.74, 6) is -0.633. The molecule has 0 spiro atoms. The molecule has 1 saturated heterocycles. The van der Waals surface area contributed by atoms with Crippen molar-refractivity contribution in [2.45, 2.75) is 40.0 Å². The smallest absolute Gasteiger partial charge is 0.310 e. The standard InChI is InChI=1S/C11H21NO2/c1-10(2,3)4-5-11(9(13)14)6-7-12-8-11/h12H,4-8H2,1-3H3,(H,13,14). The number of carbonyl (C=O) groups is 1. The molecule has 0 aliphatic carbocycles. The summed E-state index contributed by atoms with van der Waals surface area (Å²) in [5, 5.41) is 12.4. The normalized spacial score (nSPS) is 27.9. The summed E-state index contributed by atoms with van der Waals surface area (Å²) < 4.78 is 0. The molecule has 0 saturated carbocycles. The molecule has 3 heteroatoms. The van der Waals surface area contributed by atoms with Gasteiger partial charge in [-0.2, -0.15) is 0 Å². The van der Waals surface area contributed by atoms with Crippen LogP contribution >= 0.6 is 0 Å². The minimum Gasteiger partial charge on any atom is -0.481 e. The first kappa shape index (κ1) is 11.5. The Hall–Kier alpha value is -0.570. The van der Waals surface area contributed by atoms with Crippen LogP contribution in [0.5, 0.6) is 0 Å². The fourth-order valence-electron chi connectivity index (χ4n) is 1.86. The zero-order valence-corrected chi connectivity index (χ0v) is 9.39. The summed E-state index contributed by atoms with van der Waals surface area (Å²) in [6.45, 7) is 7.95. The highest BCUT2D eigenvalue weighted by atomic mass is 16.4. The lowest BCUT2D eigenvalue weighted by Crippen LogP contribution is -2.34. The lowest BCUT2D eigenvalue weighted by atomic mass is 9.77. The summed E-state index contributed by atoms with van der Waals surface area (Å²) >= 11 is 0. The Balaban J connectivity index is 2.57. The molecule has 3 nitrogen and oxygen atoms in total. The average Bonchev–Trinajstić information content (AvgIpc) is 2.48. The van der Waals surface area contributed by atoms with E-state index in [2.05, 4.69) is 26.1 Å². The second kappa shape index (κ2) is 3.89. The number of nitrogens with one attached hydrogen (secondary N) is 1.